The Kier molecular flexibility index (Phi) is 5.98. The molecule has 2 aromatic rings. The molecule has 28 heavy (non-hydrogen) atoms. The molecular weight excluding hydrogens is 350 g/mol. The summed E-state index contributed by atoms with van der Waals surface area (Å²) in [5.74, 6) is -1.33. The highest BCUT2D eigenvalue weighted by molar-refractivity contribution is 6.01. The minimum atomic E-state index is -1.30. The van der Waals surface area contributed by atoms with Crippen LogP contribution in [0.1, 0.15) is 58.8 Å². The number of carbonyl (C=O) groups excluding carboxylic acids is 1. The van der Waals surface area contributed by atoms with Crippen LogP contribution in [-0.4, -0.2) is 22.5 Å². The molecule has 146 valence electrons. The van der Waals surface area contributed by atoms with Crippen molar-refractivity contribution in [1.29, 1.82) is 0 Å². The van der Waals surface area contributed by atoms with Gasteiger partial charge in [-0.15, -0.1) is 0 Å². The van der Waals surface area contributed by atoms with Gasteiger partial charge in [0.15, 0.2) is 0 Å². The fourth-order valence-electron chi connectivity index (χ4n) is 3.82. The maximum atomic E-state index is 13.1. The number of aryl methyl sites for hydroxylation is 1. The summed E-state index contributed by atoms with van der Waals surface area (Å²) < 4.78 is 0. The van der Waals surface area contributed by atoms with Crippen LogP contribution < -0.4 is 5.32 Å². The van der Waals surface area contributed by atoms with Gasteiger partial charge in [-0.2, -0.15) is 0 Å². The Labute approximate surface area is 166 Å². The number of unbranched alkanes of at least 4 members (excludes halogenated alkanes) is 2. The lowest BCUT2D eigenvalue weighted by molar-refractivity contribution is -0.144. The number of nitrogens with one attached hydrogen (secondary N) is 1. The highest BCUT2D eigenvalue weighted by Crippen LogP contribution is 2.31. The van der Waals surface area contributed by atoms with Crippen molar-refractivity contribution < 1.29 is 14.7 Å². The van der Waals surface area contributed by atoms with Gasteiger partial charge in [-0.05, 0) is 41.7 Å². The van der Waals surface area contributed by atoms with E-state index >= 15 is 0 Å². The zero-order valence-corrected chi connectivity index (χ0v) is 16.5. The van der Waals surface area contributed by atoms with Crippen LogP contribution in [0.5, 0.6) is 0 Å². The van der Waals surface area contributed by atoms with Gasteiger partial charge in [0, 0.05) is 18.4 Å². The third kappa shape index (κ3) is 4.01. The van der Waals surface area contributed by atoms with Crippen LogP contribution in [0.2, 0.25) is 0 Å². The number of benzene rings is 2. The molecule has 0 saturated carbocycles. The summed E-state index contributed by atoms with van der Waals surface area (Å²) in [5.41, 5.74) is 3.03. The minimum absolute atomic E-state index is 0.303. The molecule has 0 unspecified atom stereocenters. The summed E-state index contributed by atoms with van der Waals surface area (Å²) in [5, 5.41) is 12.8. The molecule has 4 nitrogen and oxygen atoms in total. The van der Waals surface area contributed by atoms with Gasteiger partial charge >= 0.3 is 5.97 Å². The van der Waals surface area contributed by atoms with E-state index in [9.17, 15) is 14.7 Å². The van der Waals surface area contributed by atoms with E-state index in [1.54, 1.807) is 6.07 Å². The number of aliphatic carboxylic acids is 1. The number of carboxylic acids is 1. The second-order valence-corrected chi connectivity index (χ2v) is 7.54. The number of amides is 1. The lowest BCUT2D eigenvalue weighted by Gasteiger charge is -2.26. The third-order valence-electron chi connectivity index (χ3n) is 5.44. The number of hydrogen-bond acceptors (Lipinski definition) is 2. The Bertz CT molecular complexity index is 889. The first-order valence-corrected chi connectivity index (χ1v) is 9.85. The first kappa shape index (κ1) is 19.9. The molecule has 0 bridgehead atoms. The van der Waals surface area contributed by atoms with Crippen LogP contribution in [0, 0.1) is 6.92 Å². The van der Waals surface area contributed by atoms with E-state index in [1.807, 2.05) is 49.4 Å². The predicted octanol–water partition coefficient (Wildman–Crippen LogP) is 4.55. The van der Waals surface area contributed by atoms with Gasteiger partial charge in [-0.3, -0.25) is 4.79 Å². The standard InChI is InChI=1S/C24H27NO3/c1-3-4-5-6-13-20-17(2)10-9-14-21(20)22(26)25-24(23(27)28)15-18-11-7-8-12-19(18)16-24/h6-14H,3-5,15-16H2,1-2H3,(H,25,26)(H,27,28). The normalized spacial score (nSPS) is 14.8. The minimum Gasteiger partial charge on any atom is -0.479 e. The molecule has 0 aliphatic heterocycles. The van der Waals surface area contributed by atoms with Crippen molar-refractivity contribution in [3.05, 3.63) is 76.4 Å². The number of hydrogen-bond donors (Lipinski definition) is 2. The summed E-state index contributed by atoms with van der Waals surface area (Å²) in [6.45, 7) is 4.11. The van der Waals surface area contributed by atoms with Gasteiger partial charge in [0.1, 0.15) is 5.54 Å². The van der Waals surface area contributed by atoms with Crippen molar-refractivity contribution in [2.45, 2.75) is 51.5 Å². The van der Waals surface area contributed by atoms with E-state index in [-0.39, 0.29) is 5.91 Å². The average Bonchev–Trinajstić information content (AvgIpc) is 3.05. The highest BCUT2D eigenvalue weighted by Gasteiger charge is 2.45. The molecule has 1 amide bonds. The van der Waals surface area contributed by atoms with Crippen molar-refractivity contribution in [1.82, 2.24) is 5.32 Å². The topological polar surface area (TPSA) is 66.4 Å². The molecule has 2 N–H and O–H groups in total. The molecule has 0 radical (unpaired) electrons. The molecule has 0 spiro atoms. The van der Waals surface area contributed by atoms with E-state index in [0.29, 0.717) is 18.4 Å². The summed E-state index contributed by atoms with van der Waals surface area (Å²) >= 11 is 0. The van der Waals surface area contributed by atoms with Gasteiger partial charge in [0.25, 0.3) is 5.91 Å². The molecule has 1 aliphatic carbocycles. The smallest absolute Gasteiger partial charge is 0.330 e. The highest BCUT2D eigenvalue weighted by atomic mass is 16.4. The summed E-state index contributed by atoms with van der Waals surface area (Å²) in [6.07, 6.45) is 7.85. The maximum absolute atomic E-state index is 13.1. The van der Waals surface area contributed by atoms with Crippen molar-refractivity contribution in [2.75, 3.05) is 0 Å². The molecule has 2 aromatic carbocycles. The lowest BCUT2D eigenvalue weighted by atomic mass is 9.93. The molecule has 4 heteroatoms. The average molecular weight is 377 g/mol. The van der Waals surface area contributed by atoms with Gasteiger partial charge in [0.2, 0.25) is 0 Å². The van der Waals surface area contributed by atoms with Crippen molar-refractivity contribution in [2.24, 2.45) is 0 Å². The molecule has 0 saturated heterocycles. The zero-order chi connectivity index (χ0) is 20.1. The summed E-state index contributed by atoms with van der Waals surface area (Å²) in [7, 11) is 0. The Hall–Kier alpha value is -2.88. The van der Waals surface area contributed by atoms with Gasteiger partial charge in [0.05, 0.1) is 0 Å². The summed E-state index contributed by atoms with van der Waals surface area (Å²) in [6, 6.07) is 13.2. The van der Waals surface area contributed by atoms with Crippen molar-refractivity contribution >= 4 is 18.0 Å². The van der Waals surface area contributed by atoms with E-state index in [2.05, 4.69) is 18.3 Å². The van der Waals surface area contributed by atoms with E-state index in [0.717, 1.165) is 41.5 Å². The van der Waals surface area contributed by atoms with Crippen LogP contribution in [0.4, 0.5) is 0 Å². The van der Waals surface area contributed by atoms with Crippen LogP contribution in [0.25, 0.3) is 6.08 Å². The monoisotopic (exact) mass is 377 g/mol. The molecule has 3 rings (SSSR count). The summed E-state index contributed by atoms with van der Waals surface area (Å²) in [4.78, 5) is 25.2. The Morgan fingerprint density at radius 1 is 1.11 bits per heavy atom. The fraction of sp³-hybridized carbons (Fsp3) is 0.333. The third-order valence-corrected chi connectivity index (χ3v) is 5.44. The maximum Gasteiger partial charge on any atom is 0.330 e. The van der Waals surface area contributed by atoms with E-state index in [1.165, 1.54) is 0 Å². The van der Waals surface area contributed by atoms with Crippen molar-refractivity contribution in [3.63, 3.8) is 0 Å². The largest absolute Gasteiger partial charge is 0.479 e. The molecule has 0 heterocycles. The lowest BCUT2D eigenvalue weighted by Crippen LogP contribution is -2.55. The van der Waals surface area contributed by atoms with Crippen LogP contribution >= 0.6 is 0 Å². The fourth-order valence-corrected chi connectivity index (χ4v) is 3.82. The predicted molar refractivity (Wildman–Crippen MR) is 111 cm³/mol. The van der Waals surface area contributed by atoms with Gasteiger partial charge < -0.3 is 10.4 Å². The molecule has 0 atom stereocenters. The zero-order valence-electron chi connectivity index (χ0n) is 16.5. The first-order chi connectivity index (χ1) is 13.5. The molecule has 0 fully saturated rings. The van der Waals surface area contributed by atoms with E-state index < -0.39 is 11.5 Å². The number of allylic oxidation sites excluding steroid dienone is 1. The van der Waals surface area contributed by atoms with Crippen LogP contribution in [0.3, 0.4) is 0 Å². The molecule has 1 aliphatic rings. The SMILES string of the molecule is CCCCC=Cc1c(C)cccc1C(=O)NC1(C(=O)O)Cc2ccccc2C1. The van der Waals surface area contributed by atoms with Gasteiger partial charge in [-0.25, -0.2) is 4.79 Å². The van der Waals surface area contributed by atoms with Crippen LogP contribution in [-0.2, 0) is 17.6 Å². The quantitative estimate of drug-likeness (QED) is 0.696. The number of carboxylic acid groups (broad SMARTS) is 1. The number of fused-ring (bicyclic) bond motifs is 1. The first-order valence-electron chi connectivity index (χ1n) is 9.85. The number of carbonyl (C=O) groups is 2. The van der Waals surface area contributed by atoms with Gasteiger partial charge in [-0.1, -0.05) is 68.3 Å². The van der Waals surface area contributed by atoms with E-state index in [4.69, 9.17) is 0 Å². The Morgan fingerprint density at radius 3 is 2.39 bits per heavy atom. The molecular formula is C24H27NO3. The Balaban J connectivity index is 1.87. The molecule has 0 aromatic heterocycles. The second-order valence-electron chi connectivity index (χ2n) is 7.54. The van der Waals surface area contributed by atoms with Crippen molar-refractivity contribution in [3.8, 4) is 0 Å². The van der Waals surface area contributed by atoms with Crippen LogP contribution in [0.15, 0.2) is 48.5 Å². The Morgan fingerprint density at radius 2 is 1.79 bits per heavy atom. The number of rotatable bonds is 7. The second kappa shape index (κ2) is 8.42.